The number of aliphatic hydroxyl groups excluding tert-OH is 1. The Kier molecular flexibility index (Phi) is 8.79. The third-order valence-corrected chi connectivity index (χ3v) is 12.5. The molecule has 3 fully saturated rings. The zero-order valence-corrected chi connectivity index (χ0v) is 30.5. The molecular formula is C41H33Cl2FN2O8. The van der Waals surface area contributed by atoms with E-state index in [1.165, 1.54) is 23.1 Å². The maximum atomic E-state index is 14.5. The number of hydrogen-bond donors (Lipinski definition) is 1. The lowest BCUT2D eigenvalue weighted by molar-refractivity contribution is -0.125. The molecule has 2 saturated heterocycles. The normalized spacial score (nSPS) is 27.6. The van der Waals surface area contributed by atoms with E-state index in [-0.39, 0.29) is 30.0 Å². The summed E-state index contributed by atoms with van der Waals surface area (Å²) in [6, 6.07) is 20.3. The summed E-state index contributed by atoms with van der Waals surface area (Å²) >= 11 is 14.7. The summed E-state index contributed by atoms with van der Waals surface area (Å²) in [6.45, 7) is -0.443. The monoisotopic (exact) mass is 770 g/mol. The summed E-state index contributed by atoms with van der Waals surface area (Å²) < 4.78 is 30.7. The second-order valence-electron chi connectivity index (χ2n) is 13.8. The predicted octanol–water partition coefficient (Wildman–Crippen LogP) is 6.87. The van der Waals surface area contributed by atoms with Gasteiger partial charge in [0.15, 0.2) is 9.75 Å². The summed E-state index contributed by atoms with van der Waals surface area (Å²) in [4.78, 5) is 55.1. The van der Waals surface area contributed by atoms with Crippen molar-refractivity contribution in [1.82, 2.24) is 0 Å². The highest BCUT2D eigenvalue weighted by Gasteiger charge is 2.77. The highest BCUT2D eigenvalue weighted by atomic mass is 35.5. The van der Waals surface area contributed by atoms with Crippen molar-refractivity contribution in [3.8, 4) is 11.5 Å². The van der Waals surface area contributed by atoms with Gasteiger partial charge in [0.2, 0.25) is 11.8 Å². The smallest absolute Gasteiger partial charge is 0.258 e. The summed E-state index contributed by atoms with van der Waals surface area (Å²) in [5.41, 5.74) is 2.60. The SMILES string of the molecule is COc1ccc(OC)c(C=Cc2ccc(N3C(=O)[C@H]4[C@H](CC=C5[C@H]4C[C@@]4(Cl)C(=O)N(c6ccc(F)cc6)C(=O)[C@@]4(Cl)[C@H]5c4ccc(CO)o4)C3=O)cc2)c1. The fourth-order valence-electron chi connectivity index (χ4n) is 8.49. The molecule has 1 aromatic heterocycles. The van der Waals surface area contributed by atoms with E-state index in [9.17, 15) is 28.7 Å². The molecule has 1 saturated carbocycles. The molecule has 8 rings (SSSR count). The topological polar surface area (TPSA) is 127 Å². The molecule has 3 aromatic carbocycles. The molecule has 2 aliphatic heterocycles. The Balaban J connectivity index is 1.14. The van der Waals surface area contributed by atoms with Crippen LogP contribution in [0.15, 0.2) is 94.9 Å². The maximum absolute atomic E-state index is 14.5. The van der Waals surface area contributed by atoms with E-state index in [1.54, 1.807) is 56.7 Å². The Morgan fingerprint density at radius 1 is 0.852 bits per heavy atom. The van der Waals surface area contributed by atoms with E-state index >= 15 is 0 Å². The Morgan fingerprint density at radius 2 is 1.56 bits per heavy atom. The molecule has 0 unspecified atom stereocenters. The van der Waals surface area contributed by atoms with Gasteiger partial charge in [0.05, 0.1) is 43.3 Å². The van der Waals surface area contributed by atoms with Gasteiger partial charge in [-0.05, 0) is 91.1 Å². The Hall–Kier alpha value is -5.23. The van der Waals surface area contributed by atoms with Crippen LogP contribution in [0.1, 0.15) is 41.4 Å². The zero-order valence-electron chi connectivity index (χ0n) is 29.0. The second kappa shape index (κ2) is 13.3. The highest BCUT2D eigenvalue weighted by molar-refractivity contribution is 6.58. The van der Waals surface area contributed by atoms with Crippen LogP contribution >= 0.6 is 23.2 Å². The highest BCUT2D eigenvalue weighted by Crippen LogP contribution is 2.66. The first kappa shape index (κ1) is 35.8. The molecule has 0 bridgehead atoms. The number of alkyl halides is 2. The molecule has 276 valence electrons. The first-order chi connectivity index (χ1) is 25.9. The molecule has 6 atom stereocenters. The number of ether oxygens (including phenoxy) is 2. The number of methoxy groups -OCH3 is 2. The average Bonchev–Trinajstić information content (AvgIpc) is 3.80. The van der Waals surface area contributed by atoms with Gasteiger partial charge in [-0.15, -0.1) is 23.2 Å². The van der Waals surface area contributed by atoms with Crippen LogP contribution in [-0.4, -0.2) is 52.7 Å². The number of fused-ring (bicyclic) bond motifs is 4. The van der Waals surface area contributed by atoms with Crippen molar-refractivity contribution in [2.45, 2.75) is 35.1 Å². The lowest BCUT2D eigenvalue weighted by Gasteiger charge is -2.49. The summed E-state index contributed by atoms with van der Waals surface area (Å²) in [5.74, 6) is -5.03. The molecule has 10 nitrogen and oxygen atoms in total. The molecule has 13 heteroatoms. The average molecular weight is 772 g/mol. The van der Waals surface area contributed by atoms with Crippen LogP contribution in [0.3, 0.4) is 0 Å². The van der Waals surface area contributed by atoms with E-state index < -0.39 is 69.5 Å². The fraction of sp³-hybridized carbons (Fsp3) is 0.268. The van der Waals surface area contributed by atoms with E-state index in [0.29, 0.717) is 22.8 Å². The van der Waals surface area contributed by atoms with E-state index in [0.717, 1.165) is 28.2 Å². The van der Waals surface area contributed by atoms with Crippen molar-refractivity contribution in [2.24, 2.45) is 17.8 Å². The van der Waals surface area contributed by atoms with Gasteiger partial charge in [-0.3, -0.25) is 24.1 Å². The number of benzene rings is 3. The lowest BCUT2D eigenvalue weighted by Crippen LogP contribution is -2.60. The van der Waals surface area contributed by atoms with Crippen LogP contribution in [0.25, 0.3) is 12.2 Å². The number of rotatable bonds is 8. The minimum Gasteiger partial charge on any atom is -0.497 e. The second-order valence-corrected chi connectivity index (χ2v) is 15.0. The number of amides is 4. The van der Waals surface area contributed by atoms with Gasteiger partial charge in [0.1, 0.15) is 35.4 Å². The predicted molar refractivity (Wildman–Crippen MR) is 199 cm³/mol. The third-order valence-electron chi connectivity index (χ3n) is 11.1. The number of furan rings is 1. The van der Waals surface area contributed by atoms with Gasteiger partial charge in [-0.2, -0.15) is 0 Å². The number of imide groups is 2. The summed E-state index contributed by atoms with van der Waals surface area (Å²) in [5, 5.41) is 9.83. The third kappa shape index (κ3) is 5.24. The molecule has 4 amide bonds. The molecule has 4 aliphatic rings. The van der Waals surface area contributed by atoms with Gasteiger partial charge in [-0.25, -0.2) is 9.29 Å². The molecule has 1 N–H and O–H groups in total. The van der Waals surface area contributed by atoms with Crippen molar-refractivity contribution >= 4 is 70.4 Å². The number of halogens is 3. The van der Waals surface area contributed by atoms with Crippen molar-refractivity contribution in [2.75, 3.05) is 24.0 Å². The lowest BCUT2D eigenvalue weighted by atomic mass is 9.57. The van der Waals surface area contributed by atoms with Crippen LogP contribution in [0.4, 0.5) is 15.8 Å². The largest absolute Gasteiger partial charge is 0.497 e. The molecule has 4 aromatic rings. The number of allylic oxidation sites excluding steroid dienone is 2. The summed E-state index contributed by atoms with van der Waals surface area (Å²) in [6.07, 6.45) is 5.47. The standard InChI is InChI=1S/C41H33Cl2FN2O8/c1-52-27-13-17-32(53-2)23(19-27)6-3-22-4-9-25(10-5-22)45-36(48)30-16-15-29-31(34(30)37(45)49)20-40(42)38(50)46(26-11-7-24(44)8-12-26)39(51)41(40,43)35(29)33-18-14-28(21-47)54-33/h3-15,17-19,30-31,34-35,47H,16,20-21H2,1-2H3/t30-,31+,34-,35+,40+,41-/m0/s1. The molecule has 54 heavy (non-hydrogen) atoms. The zero-order chi connectivity index (χ0) is 38.1. The molecule has 0 radical (unpaired) electrons. The molecule has 0 spiro atoms. The Morgan fingerprint density at radius 3 is 2.22 bits per heavy atom. The van der Waals surface area contributed by atoms with Gasteiger partial charge < -0.3 is 19.0 Å². The minimum absolute atomic E-state index is 0.0733. The van der Waals surface area contributed by atoms with Crippen molar-refractivity contribution in [3.63, 3.8) is 0 Å². The van der Waals surface area contributed by atoms with Gasteiger partial charge in [0, 0.05) is 5.56 Å². The number of hydrogen-bond acceptors (Lipinski definition) is 8. The fourth-order valence-corrected chi connectivity index (χ4v) is 9.41. The van der Waals surface area contributed by atoms with Crippen molar-refractivity contribution in [1.29, 1.82) is 0 Å². The minimum atomic E-state index is -2.14. The van der Waals surface area contributed by atoms with E-state index in [2.05, 4.69) is 0 Å². The molecule has 2 aliphatic carbocycles. The van der Waals surface area contributed by atoms with E-state index in [4.69, 9.17) is 37.1 Å². The molecule has 3 heterocycles. The first-order valence-electron chi connectivity index (χ1n) is 17.2. The van der Waals surface area contributed by atoms with Gasteiger partial charge in [-0.1, -0.05) is 35.9 Å². The van der Waals surface area contributed by atoms with Crippen LogP contribution in [-0.2, 0) is 25.8 Å². The quantitative estimate of drug-likeness (QED) is 0.0891. The Bertz CT molecular complexity index is 2270. The number of carbonyl (C=O) groups excluding carboxylic acids is 4. The number of anilines is 2. The van der Waals surface area contributed by atoms with Crippen LogP contribution in [0.5, 0.6) is 11.5 Å². The van der Waals surface area contributed by atoms with Crippen molar-refractivity contribution < 1.29 is 42.6 Å². The van der Waals surface area contributed by atoms with Gasteiger partial charge >= 0.3 is 0 Å². The number of carbonyl (C=O) groups is 4. The van der Waals surface area contributed by atoms with Crippen LogP contribution in [0, 0.1) is 23.6 Å². The van der Waals surface area contributed by atoms with Crippen LogP contribution in [0.2, 0.25) is 0 Å². The summed E-state index contributed by atoms with van der Waals surface area (Å²) in [7, 11) is 3.16. The first-order valence-corrected chi connectivity index (χ1v) is 18.0. The number of nitrogens with zero attached hydrogens (tertiary/aromatic N) is 2. The Labute approximate surface area is 319 Å². The van der Waals surface area contributed by atoms with Crippen molar-refractivity contribution in [3.05, 3.63) is 119 Å². The maximum Gasteiger partial charge on any atom is 0.258 e. The van der Waals surface area contributed by atoms with Crippen LogP contribution < -0.4 is 19.3 Å². The van der Waals surface area contributed by atoms with E-state index in [1.807, 2.05) is 24.3 Å². The molecular weight excluding hydrogens is 738 g/mol. The number of aliphatic hydroxyl groups is 1. The van der Waals surface area contributed by atoms with Gasteiger partial charge in [0.25, 0.3) is 11.8 Å².